The average molecular weight is 444 g/mol. The molecule has 1 aliphatic rings. The average Bonchev–Trinajstić information content (AvgIpc) is 2.80. The van der Waals surface area contributed by atoms with Crippen molar-refractivity contribution in [2.24, 2.45) is 5.92 Å². The van der Waals surface area contributed by atoms with E-state index in [0.29, 0.717) is 30.6 Å². The number of hydrogen-bond acceptors (Lipinski definition) is 4. The highest BCUT2D eigenvalue weighted by Crippen LogP contribution is 2.23. The van der Waals surface area contributed by atoms with Crippen molar-refractivity contribution in [1.82, 2.24) is 9.62 Å². The summed E-state index contributed by atoms with van der Waals surface area (Å²) < 4.78 is 25.8. The van der Waals surface area contributed by atoms with Crippen LogP contribution < -0.4 is 10.6 Å². The molecule has 166 valence electrons. The van der Waals surface area contributed by atoms with Crippen molar-refractivity contribution in [2.45, 2.75) is 32.7 Å². The molecule has 7 nitrogen and oxygen atoms in total. The molecule has 31 heavy (non-hydrogen) atoms. The number of hydrogen-bond donors (Lipinski definition) is 2. The van der Waals surface area contributed by atoms with Crippen molar-refractivity contribution < 1.29 is 18.0 Å². The number of benzene rings is 2. The van der Waals surface area contributed by atoms with Crippen LogP contribution in [0.15, 0.2) is 54.6 Å². The fourth-order valence-electron chi connectivity index (χ4n) is 3.72. The molecule has 3 rings (SSSR count). The van der Waals surface area contributed by atoms with Gasteiger partial charge in [0.25, 0.3) is 5.91 Å². The van der Waals surface area contributed by atoms with Crippen LogP contribution in [-0.4, -0.2) is 43.4 Å². The van der Waals surface area contributed by atoms with E-state index >= 15 is 0 Å². The molecule has 2 atom stereocenters. The third-order valence-electron chi connectivity index (χ3n) is 5.59. The second-order valence-corrected chi connectivity index (χ2v) is 10.00. The van der Waals surface area contributed by atoms with Crippen molar-refractivity contribution in [3.05, 3.63) is 65.7 Å². The largest absolute Gasteiger partial charge is 0.345 e. The first-order valence-corrected chi connectivity index (χ1v) is 12.2. The van der Waals surface area contributed by atoms with Crippen LogP contribution in [0.25, 0.3) is 0 Å². The smallest absolute Gasteiger partial charge is 0.253 e. The monoisotopic (exact) mass is 443 g/mol. The molecule has 8 heteroatoms. The van der Waals surface area contributed by atoms with Gasteiger partial charge in [-0.3, -0.25) is 9.59 Å². The van der Waals surface area contributed by atoms with Crippen molar-refractivity contribution in [1.29, 1.82) is 0 Å². The fourth-order valence-corrected chi connectivity index (χ4v) is 4.90. The summed E-state index contributed by atoms with van der Waals surface area (Å²) in [7, 11) is -3.33. The maximum absolute atomic E-state index is 12.9. The molecule has 1 saturated heterocycles. The summed E-state index contributed by atoms with van der Waals surface area (Å²) >= 11 is 0. The summed E-state index contributed by atoms with van der Waals surface area (Å²) in [6.45, 7) is 4.11. The molecule has 1 fully saturated rings. The molecule has 0 spiro atoms. The van der Waals surface area contributed by atoms with E-state index < -0.39 is 15.9 Å². The van der Waals surface area contributed by atoms with Gasteiger partial charge in [-0.15, -0.1) is 0 Å². The van der Waals surface area contributed by atoms with Gasteiger partial charge in [-0.25, -0.2) is 12.7 Å². The van der Waals surface area contributed by atoms with Crippen molar-refractivity contribution in [3.63, 3.8) is 0 Å². The van der Waals surface area contributed by atoms with Gasteiger partial charge in [0.05, 0.1) is 29.0 Å². The third-order valence-corrected chi connectivity index (χ3v) is 7.44. The topological polar surface area (TPSA) is 95.6 Å². The highest BCUT2D eigenvalue weighted by Gasteiger charge is 2.31. The van der Waals surface area contributed by atoms with Crippen LogP contribution in [0.4, 0.5) is 5.69 Å². The predicted molar refractivity (Wildman–Crippen MR) is 121 cm³/mol. The lowest BCUT2D eigenvalue weighted by atomic mass is 9.98. The molecule has 0 bridgehead atoms. The number of rotatable bonds is 7. The van der Waals surface area contributed by atoms with E-state index in [9.17, 15) is 18.0 Å². The van der Waals surface area contributed by atoms with E-state index in [0.717, 1.165) is 5.56 Å². The molecule has 2 N–H and O–H groups in total. The van der Waals surface area contributed by atoms with Crippen molar-refractivity contribution in [3.8, 4) is 0 Å². The van der Waals surface area contributed by atoms with Gasteiger partial charge in [-0.05, 0) is 44.4 Å². The number of carbonyl (C=O) groups excluding carboxylic acids is 2. The quantitative estimate of drug-likeness (QED) is 0.687. The van der Waals surface area contributed by atoms with E-state index in [-0.39, 0.29) is 30.2 Å². The first-order valence-electron chi connectivity index (χ1n) is 10.6. The number of anilines is 1. The molecule has 2 aromatic carbocycles. The Kier molecular flexibility index (Phi) is 7.46. The zero-order chi connectivity index (χ0) is 22.4. The Labute approximate surface area is 183 Å². The lowest BCUT2D eigenvalue weighted by molar-refractivity contribution is -0.120. The predicted octanol–water partition coefficient (Wildman–Crippen LogP) is 3.18. The molecule has 0 radical (unpaired) electrons. The molecule has 0 aromatic heterocycles. The highest BCUT2D eigenvalue weighted by molar-refractivity contribution is 7.89. The van der Waals surface area contributed by atoms with Gasteiger partial charge in [-0.2, -0.15) is 0 Å². The molecule has 0 aliphatic carbocycles. The minimum Gasteiger partial charge on any atom is -0.345 e. The highest BCUT2D eigenvalue weighted by atomic mass is 32.2. The normalized spacial score (nSPS) is 18.2. The number of amides is 2. The first-order chi connectivity index (χ1) is 14.8. The summed E-state index contributed by atoms with van der Waals surface area (Å²) in [4.78, 5) is 25.8. The molecule has 1 heterocycles. The minimum atomic E-state index is -3.33. The number of sulfonamides is 1. The minimum absolute atomic E-state index is 0.0178. The summed E-state index contributed by atoms with van der Waals surface area (Å²) in [6, 6.07) is 16.3. The van der Waals surface area contributed by atoms with Gasteiger partial charge in [0.15, 0.2) is 0 Å². The maximum Gasteiger partial charge on any atom is 0.253 e. The van der Waals surface area contributed by atoms with Crippen LogP contribution in [0, 0.1) is 5.92 Å². The van der Waals surface area contributed by atoms with Gasteiger partial charge in [-0.1, -0.05) is 42.5 Å². The Morgan fingerprint density at radius 3 is 2.48 bits per heavy atom. The Hall–Kier alpha value is -2.71. The summed E-state index contributed by atoms with van der Waals surface area (Å²) in [5, 5.41) is 5.81. The molecule has 1 aliphatic heterocycles. The van der Waals surface area contributed by atoms with Gasteiger partial charge in [0.2, 0.25) is 15.9 Å². The number of carbonyl (C=O) groups is 2. The second kappa shape index (κ2) is 10.1. The van der Waals surface area contributed by atoms with Crippen molar-refractivity contribution >= 4 is 27.5 Å². The lowest BCUT2D eigenvalue weighted by Crippen LogP contribution is -2.44. The second-order valence-electron chi connectivity index (χ2n) is 7.74. The molecule has 0 saturated carbocycles. The van der Waals surface area contributed by atoms with E-state index in [1.807, 2.05) is 37.3 Å². The molecular weight excluding hydrogens is 414 g/mol. The van der Waals surface area contributed by atoms with Crippen LogP contribution in [0.1, 0.15) is 48.7 Å². The number of piperidine rings is 1. The van der Waals surface area contributed by atoms with Gasteiger partial charge < -0.3 is 10.6 Å². The third kappa shape index (κ3) is 5.71. The zero-order valence-corrected chi connectivity index (χ0v) is 18.7. The standard InChI is InChI=1S/C23H29N3O4S/c1-3-31(29,30)26-15-9-12-19(16-26)22(27)25-21-14-8-7-13-20(21)23(28)24-17(2)18-10-5-4-6-11-18/h4-8,10-11,13-14,17,19H,3,9,12,15-16H2,1-2H3,(H,24,28)(H,25,27)/t17-,19-/m0/s1. The van der Waals surface area contributed by atoms with Crippen LogP contribution in [-0.2, 0) is 14.8 Å². The Balaban J connectivity index is 1.70. The first kappa shape index (κ1) is 23.0. The summed E-state index contributed by atoms with van der Waals surface area (Å²) in [5.74, 6) is -0.989. The summed E-state index contributed by atoms with van der Waals surface area (Å²) in [6.07, 6.45) is 1.25. The summed E-state index contributed by atoms with van der Waals surface area (Å²) in [5.41, 5.74) is 1.77. The Morgan fingerprint density at radius 1 is 1.10 bits per heavy atom. The fraction of sp³-hybridized carbons (Fsp3) is 0.391. The van der Waals surface area contributed by atoms with E-state index in [1.54, 1.807) is 31.2 Å². The number of nitrogens with zero attached hydrogens (tertiary/aromatic N) is 1. The van der Waals surface area contributed by atoms with E-state index in [2.05, 4.69) is 10.6 Å². The van der Waals surface area contributed by atoms with E-state index in [4.69, 9.17) is 0 Å². The number of para-hydroxylation sites is 1. The van der Waals surface area contributed by atoms with Gasteiger partial charge >= 0.3 is 0 Å². The van der Waals surface area contributed by atoms with Crippen LogP contribution in [0.2, 0.25) is 0 Å². The van der Waals surface area contributed by atoms with Crippen molar-refractivity contribution in [2.75, 3.05) is 24.2 Å². The lowest BCUT2D eigenvalue weighted by Gasteiger charge is -2.31. The SMILES string of the molecule is CCS(=O)(=O)N1CCC[C@H](C(=O)Nc2ccccc2C(=O)N[C@@H](C)c2ccccc2)C1. The van der Waals surface area contributed by atoms with E-state index in [1.165, 1.54) is 4.31 Å². The number of nitrogens with one attached hydrogen (secondary N) is 2. The van der Waals surface area contributed by atoms with Crippen LogP contribution in [0.3, 0.4) is 0 Å². The van der Waals surface area contributed by atoms with Gasteiger partial charge in [0.1, 0.15) is 0 Å². The van der Waals surface area contributed by atoms with Crippen LogP contribution in [0.5, 0.6) is 0 Å². The molecule has 2 amide bonds. The van der Waals surface area contributed by atoms with Gasteiger partial charge in [0, 0.05) is 13.1 Å². The zero-order valence-electron chi connectivity index (χ0n) is 17.9. The Bertz CT molecular complexity index is 1020. The Morgan fingerprint density at radius 2 is 1.77 bits per heavy atom. The molecule has 0 unspecified atom stereocenters. The van der Waals surface area contributed by atoms with Crippen LogP contribution >= 0.6 is 0 Å². The molecular formula is C23H29N3O4S. The maximum atomic E-state index is 12.9. The molecule has 2 aromatic rings.